The minimum absolute atomic E-state index is 0.173. The van der Waals surface area contributed by atoms with Gasteiger partial charge >= 0.3 is 5.71 Å². The first-order valence-electron chi connectivity index (χ1n) is 11.0. The van der Waals surface area contributed by atoms with Crippen molar-refractivity contribution in [2.75, 3.05) is 23.9 Å². The number of nitrogens with zero attached hydrogens (tertiary/aromatic N) is 2. The molecule has 1 N–H and O–H groups in total. The molecule has 0 radical (unpaired) electrons. The van der Waals surface area contributed by atoms with Crippen LogP contribution in [0.5, 0.6) is 0 Å². The molecule has 0 amide bonds. The second kappa shape index (κ2) is 15.8. The van der Waals surface area contributed by atoms with Crippen molar-refractivity contribution in [1.29, 1.82) is 0 Å². The summed E-state index contributed by atoms with van der Waals surface area (Å²) >= 11 is 14.3. The molecular formula is C23H28Cl2N3O7S4-. The minimum Gasteiger partial charge on any atom is -0.747 e. The number of fused-ring (bicyclic) bond motifs is 2. The molecular weight excluding hydrogens is 629 g/mol. The van der Waals surface area contributed by atoms with Gasteiger partial charge < -0.3 is 23.7 Å². The summed E-state index contributed by atoms with van der Waals surface area (Å²) in [5, 5.41) is 4.15. The lowest BCUT2D eigenvalue weighted by atomic mass is 10.3. The molecule has 0 saturated heterocycles. The van der Waals surface area contributed by atoms with E-state index in [1.54, 1.807) is 6.07 Å². The van der Waals surface area contributed by atoms with Crippen molar-refractivity contribution in [3.05, 3.63) is 70.9 Å². The zero-order valence-electron chi connectivity index (χ0n) is 21.2. The van der Waals surface area contributed by atoms with Crippen LogP contribution >= 0.6 is 46.3 Å². The Bertz CT molecular complexity index is 1500. The standard InChI is InChI=1S/C15H10Cl2N2O7S4.C4H11N.2C2H4/c16-8-3-10-12(4-9(8)17)28-13(18(10)6-29(20,21)22)5-14-19(7-30(23,24)25)15-11(27-14)1-2-26-15;1-3-5-4-2;2*1-2/h1-5H,6-7H2,(H-,20,21,22,23,24,25);5H,3-4H2,1-2H3;2*1-2H2/p-1. The Labute approximate surface area is 247 Å². The van der Waals surface area contributed by atoms with Crippen molar-refractivity contribution in [2.45, 2.75) is 24.6 Å². The van der Waals surface area contributed by atoms with E-state index in [-0.39, 0.29) is 15.8 Å². The van der Waals surface area contributed by atoms with Crippen LogP contribution in [0, 0.1) is 0 Å². The van der Waals surface area contributed by atoms with E-state index in [0.29, 0.717) is 25.3 Å². The number of hydrogen-bond donors (Lipinski definition) is 1. The van der Waals surface area contributed by atoms with Gasteiger partial charge in [0, 0.05) is 11.0 Å². The fourth-order valence-electron chi connectivity index (χ4n) is 3.07. The average molecular weight is 658 g/mol. The fourth-order valence-corrected chi connectivity index (χ4v) is 7.00. The maximum absolute atomic E-state index is 11.5. The van der Waals surface area contributed by atoms with E-state index in [1.807, 2.05) is 0 Å². The number of anilines is 1. The number of benzene rings is 1. The highest BCUT2D eigenvalue weighted by molar-refractivity contribution is 8.04. The molecule has 0 unspecified atom stereocenters. The van der Waals surface area contributed by atoms with Gasteiger partial charge in [-0.2, -0.15) is 0 Å². The maximum Gasteiger partial charge on any atom is 0.392 e. The van der Waals surface area contributed by atoms with Crippen LogP contribution in [0.25, 0.3) is 16.5 Å². The van der Waals surface area contributed by atoms with Gasteiger partial charge in [0.1, 0.15) is 20.7 Å². The molecule has 0 bridgehead atoms. The first-order chi connectivity index (χ1) is 18.3. The SMILES string of the molecule is C=C.C=C.CCNCC.O=S(=O)([O-])CN1C(=Cc2sc3ccoc3[n+]2CS(=O)(=O)[O-])Sc2cc(Cl)c(Cl)cc21. The van der Waals surface area contributed by atoms with Crippen molar-refractivity contribution in [1.82, 2.24) is 5.32 Å². The zero-order chi connectivity index (χ0) is 30.0. The number of rotatable bonds is 7. The van der Waals surface area contributed by atoms with Gasteiger partial charge in [0.25, 0.3) is 5.01 Å². The van der Waals surface area contributed by atoms with Crippen molar-refractivity contribution < 1.29 is 34.9 Å². The number of aromatic nitrogens is 1. The summed E-state index contributed by atoms with van der Waals surface area (Å²) in [4.78, 5) is 1.80. The molecule has 3 heterocycles. The van der Waals surface area contributed by atoms with Gasteiger partial charge in [-0.05, 0) is 25.2 Å². The van der Waals surface area contributed by atoms with Crippen LogP contribution in [0.2, 0.25) is 10.0 Å². The normalized spacial score (nSPS) is 13.6. The summed E-state index contributed by atoms with van der Waals surface area (Å²) in [7, 11) is -9.32. The number of furan rings is 1. The third-order valence-electron chi connectivity index (χ3n) is 4.43. The van der Waals surface area contributed by atoms with Crippen molar-refractivity contribution >= 4 is 88.7 Å². The van der Waals surface area contributed by atoms with Gasteiger partial charge in [-0.25, -0.2) is 16.8 Å². The Morgan fingerprint density at radius 3 is 2.15 bits per heavy atom. The lowest BCUT2D eigenvalue weighted by molar-refractivity contribution is -0.655. The molecule has 0 fully saturated rings. The average Bonchev–Trinajstić information content (AvgIpc) is 3.52. The van der Waals surface area contributed by atoms with E-state index in [4.69, 9.17) is 27.6 Å². The van der Waals surface area contributed by atoms with E-state index < -0.39 is 32.0 Å². The number of thioether (sulfide) groups is 1. The Kier molecular flexibility index (Phi) is 14.2. The molecule has 4 rings (SSSR count). The van der Waals surface area contributed by atoms with E-state index in [9.17, 15) is 25.9 Å². The highest BCUT2D eigenvalue weighted by atomic mass is 35.5. The van der Waals surface area contributed by atoms with Gasteiger partial charge in [0.2, 0.25) is 5.88 Å². The molecule has 2 aromatic heterocycles. The van der Waals surface area contributed by atoms with E-state index in [2.05, 4.69) is 45.5 Å². The third kappa shape index (κ3) is 10.2. The lowest BCUT2D eigenvalue weighted by Gasteiger charge is -2.22. The molecule has 10 nitrogen and oxygen atoms in total. The molecule has 16 heteroatoms. The van der Waals surface area contributed by atoms with Gasteiger partial charge in [-0.3, -0.25) is 0 Å². The molecule has 0 spiro atoms. The quantitative estimate of drug-likeness (QED) is 0.204. The Morgan fingerprint density at radius 1 is 1.05 bits per heavy atom. The Balaban J connectivity index is 0.000000748. The molecule has 216 valence electrons. The monoisotopic (exact) mass is 656 g/mol. The molecule has 0 atom stereocenters. The zero-order valence-corrected chi connectivity index (χ0v) is 26.0. The van der Waals surface area contributed by atoms with Crippen molar-refractivity contribution in [3.8, 4) is 0 Å². The van der Waals surface area contributed by atoms with Gasteiger partial charge in [-0.15, -0.1) is 30.9 Å². The van der Waals surface area contributed by atoms with Crippen LogP contribution in [0.15, 0.2) is 65.1 Å². The van der Waals surface area contributed by atoms with Gasteiger partial charge in [-0.1, -0.05) is 60.1 Å². The van der Waals surface area contributed by atoms with Gasteiger partial charge in [0.15, 0.2) is 10.1 Å². The summed E-state index contributed by atoms with van der Waals surface area (Å²) in [5.41, 5.74) is 0.546. The van der Waals surface area contributed by atoms with Crippen LogP contribution in [0.1, 0.15) is 18.9 Å². The van der Waals surface area contributed by atoms with E-state index in [1.165, 1.54) is 33.9 Å². The van der Waals surface area contributed by atoms with Crippen LogP contribution in [-0.4, -0.2) is 44.9 Å². The predicted molar refractivity (Wildman–Crippen MR) is 158 cm³/mol. The highest BCUT2D eigenvalue weighted by Gasteiger charge is 2.31. The van der Waals surface area contributed by atoms with Crippen LogP contribution in [-0.2, 0) is 26.1 Å². The number of hydrogen-bond acceptors (Lipinski definition) is 11. The van der Waals surface area contributed by atoms with Crippen LogP contribution < -0.4 is 14.8 Å². The van der Waals surface area contributed by atoms with Crippen molar-refractivity contribution in [2.24, 2.45) is 0 Å². The van der Waals surface area contributed by atoms with Crippen molar-refractivity contribution in [3.63, 3.8) is 0 Å². The smallest absolute Gasteiger partial charge is 0.392 e. The minimum atomic E-state index is -4.67. The fraction of sp³-hybridized carbons (Fsp3) is 0.261. The molecule has 1 aliphatic heterocycles. The maximum atomic E-state index is 11.5. The summed E-state index contributed by atoms with van der Waals surface area (Å²) in [6.07, 6.45) is 2.83. The number of halogens is 2. The van der Waals surface area contributed by atoms with Gasteiger partial charge in [0.05, 0.1) is 33.1 Å². The second-order valence-corrected chi connectivity index (χ2v) is 12.7. The first-order valence-corrected chi connectivity index (χ1v) is 16.5. The molecule has 0 saturated carbocycles. The summed E-state index contributed by atoms with van der Waals surface area (Å²) < 4.78 is 75.5. The summed E-state index contributed by atoms with van der Waals surface area (Å²) in [5.74, 6) is -1.76. The highest BCUT2D eigenvalue weighted by Crippen LogP contribution is 2.49. The van der Waals surface area contributed by atoms with E-state index >= 15 is 0 Å². The Hall–Kier alpha value is -1.88. The predicted octanol–water partition coefficient (Wildman–Crippen LogP) is 5.22. The molecule has 0 aliphatic carbocycles. The third-order valence-corrected chi connectivity index (χ3v) is 8.47. The lowest BCUT2D eigenvalue weighted by Crippen LogP contribution is -2.39. The first kappa shape index (κ1) is 35.1. The topological polar surface area (TPSA) is 147 Å². The number of nitrogens with one attached hydrogen (secondary N) is 1. The largest absolute Gasteiger partial charge is 0.747 e. The molecule has 3 aromatic rings. The molecule has 1 aromatic carbocycles. The molecule has 39 heavy (non-hydrogen) atoms. The van der Waals surface area contributed by atoms with E-state index in [0.717, 1.165) is 36.2 Å². The summed E-state index contributed by atoms with van der Waals surface area (Å²) in [6.45, 7) is 18.4. The number of thiazole rings is 1. The van der Waals surface area contributed by atoms with Crippen LogP contribution in [0.4, 0.5) is 5.69 Å². The summed E-state index contributed by atoms with van der Waals surface area (Å²) in [6, 6.07) is 4.58. The second-order valence-electron chi connectivity index (χ2n) is 7.04. The Morgan fingerprint density at radius 2 is 1.64 bits per heavy atom. The van der Waals surface area contributed by atoms with Crippen LogP contribution in [0.3, 0.4) is 0 Å². The molecule has 1 aliphatic rings.